The van der Waals surface area contributed by atoms with Crippen LogP contribution in [0.4, 0.5) is 6.01 Å². The maximum atomic E-state index is 10.1. The van der Waals surface area contributed by atoms with E-state index in [-0.39, 0.29) is 6.10 Å². The molecule has 112 valence electrons. The number of aliphatic hydroxyl groups excluding tert-OH is 1. The molecule has 1 aliphatic rings. The van der Waals surface area contributed by atoms with Crippen LogP contribution in [-0.4, -0.2) is 27.9 Å². The molecule has 0 spiro atoms. The highest BCUT2D eigenvalue weighted by molar-refractivity contribution is 6.30. The summed E-state index contributed by atoms with van der Waals surface area (Å²) in [4.78, 5) is 4.26. The van der Waals surface area contributed by atoms with Crippen molar-refractivity contribution in [3.63, 3.8) is 0 Å². The van der Waals surface area contributed by atoms with Crippen molar-refractivity contribution in [3.8, 4) is 11.4 Å². The van der Waals surface area contributed by atoms with E-state index in [0.29, 0.717) is 29.3 Å². The lowest BCUT2D eigenvalue weighted by molar-refractivity contribution is 0.122. The predicted octanol–water partition coefficient (Wildman–Crippen LogP) is 3.35. The van der Waals surface area contributed by atoms with Gasteiger partial charge in [0, 0.05) is 17.1 Å². The average Bonchev–Trinajstić information content (AvgIpc) is 3.16. The van der Waals surface area contributed by atoms with E-state index in [1.807, 2.05) is 12.1 Å². The molecule has 0 radical (unpaired) electrons. The molecule has 1 saturated carbocycles. The van der Waals surface area contributed by atoms with Gasteiger partial charge in [-0.25, -0.2) is 0 Å². The maximum Gasteiger partial charge on any atom is 0.321 e. The van der Waals surface area contributed by atoms with Crippen molar-refractivity contribution in [2.75, 3.05) is 11.9 Å². The first-order valence-corrected chi connectivity index (χ1v) is 7.62. The summed E-state index contributed by atoms with van der Waals surface area (Å²) in [6, 6.07) is 7.60. The molecule has 1 fully saturated rings. The van der Waals surface area contributed by atoms with Crippen molar-refractivity contribution in [1.29, 1.82) is 0 Å². The molecule has 1 aliphatic carbocycles. The van der Waals surface area contributed by atoms with E-state index >= 15 is 0 Å². The lowest BCUT2D eigenvalue weighted by Gasteiger charge is -2.16. The number of rotatable bonds is 5. The molecule has 2 N–H and O–H groups in total. The minimum absolute atomic E-state index is 0.321. The van der Waals surface area contributed by atoms with Gasteiger partial charge in [0.15, 0.2) is 0 Å². The number of hydrogen-bond donors (Lipinski definition) is 2. The minimum atomic E-state index is -0.367. The van der Waals surface area contributed by atoms with Crippen molar-refractivity contribution < 1.29 is 9.63 Å². The normalized spacial score (nSPS) is 17.0. The zero-order valence-electron chi connectivity index (χ0n) is 11.6. The van der Waals surface area contributed by atoms with Gasteiger partial charge in [0.2, 0.25) is 5.82 Å². The van der Waals surface area contributed by atoms with Crippen LogP contribution in [0.1, 0.15) is 25.7 Å². The first-order valence-electron chi connectivity index (χ1n) is 7.24. The highest BCUT2D eigenvalue weighted by Crippen LogP contribution is 2.28. The number of nitrogens with zero attached hydrogens (tertiary/aromatic N) is 2. The molecule has 1 heterocycles. The van der Waals surface area contributed by atoms with E-state index in [4.69, 9.17) is 16.1 Å². The zero-order chi connectivity index (χ0) is 14.7. The van der Waals surface area contributed by atoms with Gasteiger partial charge in [0.05, 0.1) is 6.10 Å². The van der Waals surface area contributed by atoms with E-state index in [0.717, 1.165) is 18.4 Å². The Hall–Kier alpha value is -1.59. The minimum Gasteiger partial charge on any atom is -0.391 e. The Bertz CT molecular complexity index is 596. The second-order valence-electron chi connectivity index (χ2n) is 5.43. The molecule has 0 amide bonds. The highest BCUT2D eigenvalue weighted by atomic mass is 35.5. The van der Waals surface area contributed by atoms with Crippen LogP contribution in [0.15, 0.2) is 28.8 Å². The van der Waals surface area contributed by atoms with Crippen molar-refractivity contribution >= 4 is 17.6 Å². The first kappa shape index (κ1) is 14.4. The smallest absolute Gasteiger partial charge is 0.321 e. The Morgan fingerprint density at radius 1 is 1.38 bits per heavy atom. The third-order valence-electron chi connectivity index (χ3n) is 3.92. The van der Waals surface area contributed by atoms with Gasteiger partial charge in [0.1, 0.15) is 0 Å². The van der Waals surface area contributed by atoms with Gasteiger partial charge < -0.3 is 14.9 Å². The molecule has 0 aliphatic heterocycles. The second kappa shape index (κ2) is 6.45. The van der Waals surface area contributed by atoms with Crippen LogP contribution in [0.3, 0.4) is 0 Å². The fourth-order valence-electron chi connectivity index (χ4n) is 2.74. The molecule has 1 aromatic heterocycles. The summed E-state index contributed by atoms with van der Waals surface area (Å²) in [6.45, 7) is 0.432. The summed E-state index contributed by atoms with van der Waals surface area (Å²) >= 11 is 5.94. The number of halogens is 1. The molecule has 21 heavy (non-hydrogen) atoms. The Morgan fingerprint density at radius 2 is 2.19 bits per heavy atom. The molecular formula is C15H18ClN3O2. The average molecular weight is 308 g/mol. The van der Waals surface area contributed by atoms with Crippen LogP contribution in [0.25, 0.3) is 11.4 Å². The highest BCUT2D eigenvalue weighted by Gasteiger charge is 2.23. The topological polar surface area (TPSA) is 71.2 Å². The molecule has 5 nitrogen and oxygen atoms in total. The second-order valence-corrected chi connectivity index (χ2v) is 5.86. The zero-order valence-corrected chi connectivity index (χ0v) is 12.4. The summed E-state index contributed by atoms with van der Waals surface area (Å²) in [7, 11) is 0. The van der Waals surface area contributed by atoms with E-state index in [2.05, 4.69) is 15.5 Å². The van der Waals surface area contributed by atoms with Crippen molar-refractivity contribution in [3.05, 3.63) is 29.3 Å². The van der Waals surface area contributed by atoms with Gasteiger partial charge in [-0.05, 0) is 30.9 Å². The summed E-state index contributed by atoms with van der Waals surface area (Å²) in [5.74, 6) is 0.864. The van der Waals surface area contributed by atoms with Gasteiger partial charge in [-0.3, -0.25) is 0 Å². The third kappa shape index (κ3) is 3.54. The van der Waals surface area contributed by atoms with E-state index in [1.54, 1.807) is 12.1 Å². The number of anilines is 1. The fourth-order valence-corrected chi connectivity index (χ4v) is 2.93. The summed E-state index contributed by atoms with van der Waals surface area (Å²) in [5.41, 5.74) is 0.802. The van der Waals surface area contributed by atoms with Crippen LogP contribution in [-0.2, 0) is 0 Å². The molecule has 0 saturated heterocycles. The van der Waals surface area contributed by atoms with Crippen LogP contribution in [0.5, 0.6) is 0 Å². The van der Waals surface area contributed by atoms with Crippen LogP contribution in [0, 0.1) is 5.92 Å². The van der Waals surface area contributed by atoms with Crippen LogP contribution >= 0.6 is 11.6 Å². The summed E-state index contributed by atoms with van der Waals surface area (Å²) < 4.78 is 5.15. The number of nitrogens with one attached hydrogen (secondary N) is 1. The van der Waals surface area contributed by atoms with Crippen molar-refractivity contribution in [2.24, 2.45) is 5.92 Å². The van der Waals surface area contributed by atoms with Gasteiger partial charge in [-0.15, -0.1) is 0 Å². The molecule has 1 unspecified atom stereocenters. The SMILES string of the molecule is OC(CNc1nc(-c2cccc(Cl)c2)no1)C1CCCC1. The summed E-state index contributed by atoms with van der Waals surface area (Å²) in [6.07, 6.45) is 4.25. The predicted molar refractivity (Wildman–Crippen MR) is 81.2 cm³/mol. The quantitative estimate of drug-likeness (QED) is 0.886. The molecule has 0 bridgehead atoms. The molecule has 6 heteroatoms. The van der Waals surface area contributed by atoms with E-state index in [1.165, 1.54) is 12.8 Å². The number of hydrogen-bond acceptors (Lipinski definition) is 5. The van der Waals surface area contributed by atoms with Gasteiger partial charge in [-0.1, -0.05) is 41.7 Å². The first-order chi connectivity index (χ1) is 10.2. The Balaban J connectivity index is 1.60. The third-order valence-corrected chi connectivity index (χ3v) is 4.15. The number of benzene rings is 1. The van der Waals surface area contributed by atoms with Crippen LogP contribution in [0.2, 0.25) is 5.02 Å². The Labute approximate surface area is 128 Å². The number of aliphatic hydroxyl groups is 1. The van der Waals surface area contributed by atoms with Gasteiger partial charge in [-0.2, -0.15) is 4.98 Å². The molecule has 1 aromatic carbocycles. The van der Waals surface area contributed by atoms with Crippen molar-refractivity contribution in [1.82, 2.24) is 10.1 Å². The Morgan fingerprint density at radius 3 is 2.95 bits per heavy atom. The number of aromatic nitrogens is 2. The van der Waals surface area contributed by atoms with E-state index < -0.39 is 0 Å². The molecule has 3 rings (SSSR count). The van der Waals surface area contributed by atoms with Gasteiger partial charge >= 0.3 is 6.01 Å². The van der Waals surface area contributed by atoms with E-state index in [9.17, 15) is 5.11 Å². The lowest BCUT2D eigenvalue weighted by atomic mass is 10.0. The monoisotopic (exact) mass is 307 g/mol. The van der Waals surface area contributed by atoms with Crippen molar-refractivity contribution in [2.45, 2.75) is 31.8 Å². The standard InChI is InChI=1S/C15H18ClN3O2/c16-12-7-3-6-11(8-12)14-18-15(21-19-14)17-9-13(20)10-4-1-2-5-10/h3,6-8,10,13,20H,1-2,4-5,9H2,(H,17,18,19). The fraction of sp³-hybridized carbons (Fsp3) is 0.467. The Kier molecular flexibility index (Phi) is 4.41. The van der Waals surface area contributed by atoms with Gasteiger partial charge in [0.25, 0.3) is 0 Å². The lowest BCUT2D eigenvalue weighted by Crippen LogP contribution is -2.26. The maximum absolute atomic E-state index is 10.1. The largest absolute Gasteiger partial charge is 0.391 e. The summed E-state index contributed by atoms with van der Waals surface area (Å²) in [5, 5.41) is 17.6. The molecule has 1 atom stereocenters. The van der Waals surface area contributed by atoms with Crippen LogP contribution < -0.4 is 5.32 Å². The molecular weight excluding hydrogens is 290 g/mol. The molecule has 2 aromatic rings.